The highest BCUT2D eigenvalue weighted by molar-refractivity contribution is 5.96. The minimum atomic E-state index is -0.529. The lowest BCUT2D eigenvalue weighted by Crippen LogP contribution is -2.08. The van der Waals surface area contributed by atoms with Crippen molar-refractivity contribution in [1.82, 2.24) is 9.78 Å². The first kappa shape index (κ1) is 9.89. The van der Waals surface area contributed by atoms with Crippen LogP contribution in [0.3, 0.4) is 0 Å². The zero-order valence-corrected chi connectivity index (χ0v) is 8.47. The average Bonchev–Trinajstić information content (AvgIpc) is 2.98. The van der Waals surface area contributed by atoms with E-state index in [0.717, 1.165) is 12.8 Å². The van der Waals surface area contributed by atoms with Gasteiger partial charge in [0.25, 0.3) is 0 Å². The number of hydrogen-bond acceptors (Lipinski definition) is 4. The van der Waals surface area contributed by atoms with Crippen LogP contribution in [-0.2, 0) is 4.74 Å². The molecule has 5 nitrogen and oxygen atoms in total. The first-order valence-corrected chi connectivity index (χ1v) is 4.97. The highest BCUT2D eigenvalue weighted by Gasteiger charge is 2.27. The summed E-state index contributed by atoms with van der Waals surface area (Å²) in [4.78, 5) is 22.2. The summed E-state index contributed by atoms with van der Waals surface area (Å²) in [6, 6.07) is 0.354. The largest absolute Gasteiger partial charge is 0.461 e. The monoisotopic (exact) mass is 208 g/mol. The Balaban J connectivity index is 2.27. The number of carbonyl (C=O) groups excluding carboxylic acids is 2. The molecule has 0 radical (unpaired) electrons. The second-order valence-electron chi connectivity index (χ2n) is 3.48. The lowest BCUT2D eigenvalue weighted by Gasteiger charge is -1.98. The molecule has 0 amide bonds. The number of aldehydes is 1. The lowest BCUT2D eigenvalue weighted by molar-refractivity contribution is 0.0516. The van der Waals surface area contributed by atoms with Crippen LogP contribution in [0.5, 0.6) is 0 Å². The first-order valence-electron chi connectivity index (χ1n) is 4.97. The molecule has 1 aromatic rings. The molecule has 0 aromatic carbocycles. The SMILES string of the molecule is CCOC(=O)c1nn(C2CC2)cc1C=O. The Bertz CT molecular complexity index is 393. The minimum absolute atomic E-state index is 0.124. The molecule has 1 aliphatic carbocycles. The van der Waals surface area contributed by atoms with Crippen molar-refractivity contribution in [3.8, 4) is 0 Å². The Morgan fingerprint density at radius 2 is 2.47 bits per heavy atom. The Kier molecular flexibility index (Phi) is 2.53. The normalized spacial score (nSPS) is 15.0. The van der Waals surface area contributed by atoms with E-state index >= 15 is 0 Å². The van der Waals surface area contributed by atoms with Gasteiger partial charge < -0.3 is 4.74 Å². The Morgan fingerprint density at radius 3 is 3.00 bits per heavy atom. The third-order valence-corrected chi connectivity index (χ3v) is 2.28. The second kappa shape index (κ2) is 3.84. The van der Waals surface area contributed by atoms with Gasteiger partial charge in [0.05, 0.1) is 18.2 Å². The van der Waals surface area contributed by atoms with Gasteiger partial charge in [0.1, 0.15) is 0 Å². The van der Waals surface area contributed by atoms with Crippen molar-refractivity contribution in [3.05, 3.63) is 17.5 Å². The van der Waals surface area contributed by atoms with Crippen LogP contribution < -0.4 is 0 Å². The van der Waals surface area contributed by atoms with Crippen LogP contribution in [0.1, 0.15) is 46.7 Å². The topological polar surface area (TPSA) is 61.2 Å². The molecule has 0 spiro atoms. The molecule has 2 rings (SSSR count). The molecular weight excluding hydrogens is 196 g/mol. The fraction of sp³-hybridized carbons (Fsp3) is 0.500. The Hall–Kier alpha value is -1.65. The van der Waals surface area contributed by atoms with Crippen molar-refractivity contribution in [2.75, 3.05) is 6.61 Å². The summed E-state index contributed by atoms with van der Waals surface area (Å²) in [5.41, 5.74) is 0.430. The van der Waals surface area contributed by atoms with Gasteiger partial charge in [-0.1, -0.05) is 0 Å². The number of rotatable bonds is 4. The van der Waals surface area contributed by atoms with E-state index in [-0.39, 0.29) is 12.3 Å². The molecule has 1 heterocycles. The Labute approximate surface area is 87.0 Å². The van der Waals surface area contributed by atoms with Gasteiger partial charge in [-0.15, -0.1) is 0 Å². The van der Waals surface area contributed by atoms with Crippen LogP contribution in [-0.4, -0.2) is 28.6 Å². The predicted molar refractivity (Wildman–Crippen MR) is 51.8 cm³/mol. The quantitative estimate of drug-likeness (QED) is 0.551. The van der Waals surface area contributed by atoms with Crippen LogP contribution in [0.2, 0.25) is 0 Å². The van der Waals surface area contributed by atoms with Gasteiger partial charge in [-0.25, -0.2) is 4.79 Å². The van der Waals surface area contributed by atoms with E-state index in [1.165, 1.54) is 0 Å². The maximum absolute atomic E-state index is 11.4. The number of esters is 1. The molecule has 1 aromatic heterocycles. The van der Waals surface area contributed by atoms with E-state index in [1.807, 2.05) is 0 Å². The summed E-state index contributed by atoms with van der Waals surface area (Å²) in [6.45, 7) is 2.00. The molecule has 1 aliphatic rings. The van der Waals surface area contributed by atoms with Crippen molar-refractivity contribution in [2.45, 2.75) is 25.8 Å². The third kappa shape index (κ3) is 1.91. The molecular formula is C10H12N2O3. The zero-order valence-electron chi connectivity index (χ0n) is 8.47. The summed E-state index contributed by atoms with van der Waals surface area (Å²) in [5, 5.41) is 4.07. The van der Waals surface area contributed by atoms with E-state index in [9.17, 15) is 9.59 Å². The molecule has 80 valence electrons. The number of carbonyl (C=O) groups is 2. The molecule has 0 bridgehead atoms. The molecule has 0 saturated heterocycles. The summed E-state index contributed by atoms with van der Waals surface area (Å²) in [5.74, 6) is -0.529. The van der Waals surface area contributed by atoms with Crippen molar-refractivity contribution in [1.29, 1.82) is 0 Å². The average molecular weight is 208 g/mol. The number of ether oxygens (including phenoxy) is 1. The first-order chi connectivity index (χ1) is 7.26. The smallest absolute Gasteiger partial charge is 0.359 e. The molecule has 1 saturated carbocycles. The summed E-state index contributed by atoms with van der Waals surface area (Å²) in [6.07, 6.45) is 4.36. The molecule has 0 atom stereocenters. The number of nitrogens with zero attached hydrogens (tertiary/aromatic N) is 2. The number of hydrogen-bond donors (Lipinski definition) is 0. The summed E-state index contributed by atoms with van der Waals surface area (Å²) >= 11 is 0. The molecule has 15 heavy (non-hydrogen) atoms. The standard InChI is InChI=1S/C10H12N2O3/c1-2-15-10(14)9-7(6-13)5-12(11-9)8-3-4-8/h5-6,8H,2-4H2,1H3. The highest BCUT2D eigenvalue weighted by atomic mass is 16.5. The second-order valence-corrected chi connectivity index (χ2v) is 3.48. The molecule has 5 heteroatoms. The lowest BCUT2D eigenvalue weighted by atomic mass is 10.3. The van der Waals surface area contributed by atoms with Crippen LogP contribution in [0.25, 0.3) is 0 Å². The summed E-state index contributed by atoms with van der Waals surface area (Å²) < 4.78 is 6.49. The van der Waals surface area contributed by atoms with Gasteiger partial charge in [0, 0.05) is 6.20 Å². The number of aromatic nitrogens is 2. The van der Waals surface area contributed by atoms with Crippen molar-refractivity contribution < 1.29 is 14.3 Å². The van der Waals surface area contributed by atoms with Gasteiger partial charge in [-0.2, -0.15) is 5.10 Å². The molecule has 0 aliphatic heterocycles. The van der Waals surface area contributed by atoms with Crippen molar-refractivity contribution >= 4 is 12.3 Å². The van der Waals surface area contributed by atoms with Crippen molar-refractivity contribution in [3.63, 3.8) is 0 Å². The zero-order chi connectivity index (χ0) is 10.8. The van der Waals surface area contributed by atoms with E-state index in [2.05, 4.69) is 5.10 Å². The predicted octanol–water partition coefficient (Wildman–Crippen LogP) is 1.21. The molecule has 0 unspecified atom stereocenters. The third-order valence-electron chi connectivity index (χ3n) is 2.28. The van der Waals surface area contributed by atoms with Crippen LogP contribution in [0.4, 0.5) is 0 Å². The van der Waals surface area contributed by atoms with E-state index in [4.69, 9.17) is 4.74 Å². The summed E-state index contributed by atoms with van der Waals surface area (Å²) in [7, 11) is 0. The Morgan fingerprint density at radius 1 is 1.73 bits per heavy atom. The van der Waals surface area contributed by atoms with Crippen LogP contribution in [0.15, 0.2) is 6.20 Å². The highest BCUT2D eigenvalue weighted by Crippen LogP contribution is 2.34. The van der Waals surface area contributed by atoms with Crippen molar-refractivity contribution in [2.24, 2.45) is 0 Å². The van der Waals surface area contributed by atoms with Gasteiger partial charge in [0.2, 0.25) is 0 Å². The van der Waals surface area contributed by atoms with Gasteiger partial charge in [-0.3, -0.25) is 9.48 Å². The fourth-order valence-corrected chi connectivity index (χ4v) is 1.38. The van der Waals surface area contributed by atoms with Crippen LogP contribution in [0, 0.1) is 0 Å². The maximum atomic E-state index is 11.4. The van der Waals surface area contributed by atoms with Crippen LogP contribution >= 0.6 is 0 Å². The maximum Gasteiger partial charge on any atom is 0.359 e. The van der Waals surface area contributed by atoms with E-state index in [0.29, 0.717) is 17.9 Å². The molecule has 0 N–H and O–H groups in total. The van der Waals surface area contributed by atoms with E-state index in [1.54, 1.807) is 17.8 Å². The minimum Gasteiger partial charge on any atom is -0.461 e. The van der Waals surface area contributed by atoms with Gasteiger partial charge in [0.15, 0.2) is 12.0 Å². The molecule has 1 fully saturated rings. The van der Waals surface area contributed by atoms with Gasteiger partial charge in [-0.05, 0) is 19.8 Å². The van der Waals surface area contributed by atoms with E-state index < -0.39 is 5.97 Å². The fourth-order valence-electron chi connectivity index (χ4n) is 1.38. The van der Waals surface area contributed by atoms with Gasteiger partial charge >= 0.3 is 5.97 Å².